The van der Waals surface area contributed by atoms with E-state index < -0.39 is 17.1 Å². The summed E-state index contributed by atoms with van der Waals surface area (Å²) in [7, 11) is 0. The number of amides is 1. The predicted molar refractivity (Wildman–Crippen MR) is 66.2 cm³/mol. The van der Waals surface area contributed by atoms with Gasteiger partial charge >= 0.3 is 11.5 Å². The first kappa shape index (κ1) is 14.2. The fourth-order valence-electron chi connectivity index (χ4n) is 2.35. The van der Waals surface area contributed by atoms with Crippen LogP contribution in [0.4, 0.5) is 18.0 Å². The molecule has 19 heavy (non-hydrogen) atoms. The minimum atomic E-state index is -4.32. The third-order valence-electron chi connectivity index (χ3n) is 3.38. The van der Waals surface area contributed by atoms with Crippen molar-refractivity contribution in [1.82, 2.24) is 4.90 Å². The number of carbonyl (C=O) groups excluding carboxylic acids is 1. The van der Waals surface area contributed by atoms with Crippen LogP contribution in [0.1, 0.15) is 29.9 Å². The minimum Gasteiger partial charge on any atom is -0.329 e. The van der Waals surface area contributed by atoms with Crippen LogP contribution in [0, 0.1) is 0 Å². The summed E-state index contributed by atoms with van der Waals surface area (Å²) in [4.78, 5) is 12.6. The zero-order valence-electron chi connectivity index (χ0n) is 10.1. The first-order chi connectivity index (χ1) is 8.88. The quantitative estimate of drug-likeness (QED) is 0.560. The lowest BCUT2D eigenvalue weighted by atomic mass is 9.90. The van der Waals surface area contributed by atoms with Crippen molar-refractivity contribution >= 4 is 17.0 Å². The van der Waals surface area contributed by atoms with Gasteiger partial charge in [-0.2, -0.15) is 13.2 Å². The second-order valence-corrected chi connectivity index (χ2v) is 4.98. The second-order valence-electron chi connectivity index (χ2n) is 4.66. The maximum absolute atomic E-state index is 12.5. The van der Waals surface area contributed by atoms with Crippen molar-refractivity contribution < 1.29 is 18.0 Å². The third kappa shape index (κ3) is 3.41. The molecule has 0 bridgehead atoms. The predicted octanol–water partition coefficient (Wildman–Crippen LogP) is 4.24. The SMILES string of the molecule is O=C(Cl)N1CCCC(c2ccc(C(F)(F)F)cc2)C1. The van der Waals surface area contributed by atoms with Crippen molar-refractivity contribution in [1.29, 1.82) is 0 Å². The van der Waals surface area contributed by atoms with Gasteiger partial charge in [0.15, 0.2) is 0 Å². The number of rotatable bonds is 1. The number of hydrogen-bond acceptors (Lipinski definition) is 1. The van der Waals surface area contributed by atoms with Gasteiger partial charge in [0, 0.05) is 19.0 Å². The molecule has 1 aliphatic rings. The van der Waals surface area contributed by atoms with Gasteiger partial charge in [0.05, 0.1) is 5.56 Å². The summed E-state index contributed by atoms with van der Waals surface area (Å²) in [5.74, 6) is 0.0544. The average Bonchev–Trinajstić information content (AvgIpc) is 2.38. The van der Waals surface area contributed by atoms with E-state index in [0.29, 0.717) is 13.1 Å². The Morgan fingerprint density at radius 1 is 1.26 bits per heavy atom. The molecule has 1 aromatic rings. The van der Waals surface area contributed by atoms with Crippen molar-refractivity contribution in [2.75, 3.05) is 13.1 Å². The van der Waals surface area contributed by atoms with Crippen LogP contribution in [0.2, 0.25) is 0 Å². The van der Waals surface area contributed by atoms with Crippen LogP contribution in [0.3, 0.4) is 0 Å². The van der Waals surface area contributed by atoms with Crippen molar-refractivity contribution in [3.05, 3.63) is 35.4 Å². The second kappa shape index (κ2) is 5.41. The van der Waals surface area contributed by atoms with Gasteiger partial charge in [0.1, 0.15) is 0 Å². The zero-order chi connectivity index (χ0) is 14.0. The Hall–Kier alpha value is -1.23. The van der Waals surface area contributed by atoms with Crippen LogP contribution >= 0.6 is 11.6 Å². The molecule has 1 unspecified atom stereocenters. The Kier molecular flexibility index (Phi) is 4.04. The maximum atomic E-state index is 12.5. The van der Waals surface area contributed by atoms with Crippen molar-refractivity contribution in [3.63, 3.8) is 0 Å². The van der Waals surface area contributed by atoms with E-state index in [2.05, 4.69) is 0 Å². The van der Waals surface area contributed by atoms with Gasteiger partial charge in [0.2, 0.25) is 0 Å². The third-order valence-corrected chi connectivity index (χ3v) is 3.62. The monoisotopic (exact) mass is 291 g/mol. The van der Waals surface area contributed by atoms with Crippen molar-refractivity contribution in [2.24, 2.45) is 0 Å². The smallest absolute Gasteiger partial charge is 0.329 e. The number of halogens is 4. The molecule has 2 rings (SSSR count). The lowest BCUT2D eigenvalue weighted by molar-refractivity contribution is -0.137. The van der Waals surface area contributed by atoms with Crippen LogP contribution in [0.5, 0.6) is 0 Å². The van der Waals surface area contributed by atoms with Crippen molar-refractivity contribution in [2.45, 2.75) is 24.9 Å². The summed E-state index contributed by atoms with van der Waals surface area (Å²) < 4.78 is 37.4. The molecule has 0 spiro atoms. The Morgan fingerprint density at radius 2 is 1.89 bits per heavy atom. The first-order valence-electron chi connectivity index (χ1n) is 5.99. The fraction of sp³-hybridized carbons (Fsp3) is 0.462. The van der Waals surface area contributed by atoms with Gasteiger partial charge in [-0.05, 0) is 42.1 Å². The normalized spacial score (nSPS) is 20.4. The molecule has 1 aromatic carbocycles. The molecule has 2 nitrogen and oxygen atoms in total. The van der Waals surface area contributed by atoms with E-state index >= 15 is 0 Å². The number of hydrogen-bond donors (Lipinski definition) is 0. The van der Waals surface area contributed by atoms with E-state index in [1.165, 1.54) is 17.0 Å². The molecule has 1 saturated heterocycles. The Balaban J connectivity index is 2.12. The summed E-state index contributed by atoms with van der Waals surface area (Å²) in [6, 6.07) is 5.12. The number of carbonyl (C=O) groups is 1. The molecule has 1 amide bonds. The lowest BCUT2D eigenvalue weighted by Crippen LogP contribution is -2.36. The van der Waals surface area contributed by atoms with E-state index in [1.54, 1.807) is 0 Å². The summed E-state index contributed by atoms with van der Waals surface area (Å²) in [5.41, 5.74) is 0.160. The standard InChI is InChI=1S/C13H13ClF3NO/c14-12(19)18-7-1-2-10(8-18)9-3-5-11(6-4-9)13(15,16)17/h3-6,10H,1-2,7-8H2. The molecule has 1 aliphatic heterocycles. The van der Waals surface area contributed by atoms with E-state index in [1.807, 2.05) is 0 Å². The van der Waals surface area contributed by atoms with Crippen LogP contribution in [-0.2, 0) is 6.18 Å². The van der Waals surface area contributed by atoms with E-state index in [0.717, 1.165) is 30.5 Å². The molecule has 0 radical (unpaired) electrons. The Labute approximate surface area is 114 Å². The van der Waals surface area contributed by atoms with Crippen LogP contribution in [-0.4, -0.2) is 23.4 Å². The lowest BCUT2D eigenvalue weighted by Gasteiger charge is -2.31. The topological polar surface area (TPSA) is 20.3 Å². The molecule has 6 heteroatoms. The van der Waals surface area contributed by atoms with E-state index in [4.69, 9.17) is 11.6 Å². The zero-order valence-corrected chi connectivity index (χ0v) is 10.8. The highest BCUT2D eigenvalue weighted by Gasteiger charge is 2.30. The molecule has 104 valence electrons. The molecule has 1 fully saturated rings. The fourth-order valence-corrected chi connectivity index (χ4v) is 2.51. The van der Waals surface area contributed by atoms with Crippen LogP contribution in [0.25, 0.3) is 0 Å². The maximum Gasteiger partial charge on any atom is 0.416 e. The highest BCUT2D eigenvalue weighted by molar-refractivity contribution is 6.62. The molecular weight excluding hydrogens is 279 g/mol. The molecule has 0 saturated carbocycles. The Morgan fingerprint density at radius 3 is 2.42 bits per heavy atom. The number of benzene rings is 1. The van der Waals surface area contributed by atoms with Gasteiger partial charge in [-0.1, -0.05) is 12.1 Å². The summed E-state index contributed by atoms with van der Waals surface area (Å²) >= 11 is 5.43. The summed E-state index contributed by atoms with van der Waals surface area (Å²) in [6.45, 7) is 1.08. The first-order valence-corrected chi connectivity index (χ1v) is 6.37. The van der Waals surface area contributed by atoms with Gasteiger partial charge in [-0.3, -0.25) is 4.79 Å². The highest BCUT2D eigenvalue weighted by atomic mass is 35.5. The molecule has 0 aliphatic carbocycles. The van der Waals surface area contributed by atoms with Crippen LogP contribution in [0.15, 0.2) is 24.3 Å². The summed E-state index contributed by atoms with van der Waals surface area (Å²) in [5, 5.41) is -0.503. The molecule has 1 heterocycles. The number of alkyl halides is 3. The summed E-state index contributed by atoms with van der Waals surface area (Å²) in [6.07, 6.45) is -2.65. The van der Waals surface area contributed by atoms with Gasteiger partial charge in [-0.15, -0.1) is 0 Å². The molecule has 1 atom stereocenters. The van der Waals surface area contributed by atoms with Crippen molar-refractivity contribution in [3.8, 4) is 0 Å². The van der Waals surface area contributed by atoms with Gasteiger partial charge in [-0.25, -0.2) is 0 Å². The molecular formula is C13H13ClF3NO. The molecule has 0 aromatic heterocycles. The number of likely N-dealkylation sites (tertiary alicyclic amines) is 1. The highest BCUT2D eigenvalue weighted by Crippen LogP contribution is 2.32. The average molecular weight is 292 g/mol. The van der Waals surface area contributed by atoms with E-state index in [-0.39, 0.29) is 5.92 Å². The Bertz CT molecular complexity index is 458. The number of piperidine rings is 1. The largest absolute Gasteiger partial charge is 0.416 e. The van der Waals surface area contributed by atoms with Gasteiger partial charge < -0.3 is 4.90 Å². The number of nitrogens with zero attached hydrogens (tertiary/aromatic N) is 1. The molecule has 0 N–H and O–H groups in total. The van der Waals surface area contributed by atoms with Crippen LogP contribution < -0.4 is 0 Å². The van der Waals surface area contributed by atoms with Gasteiger partial charge in [0.25, 0.3) is 0 Å². The van der Waals surface area contributed by atoms with E-state index in [9.17, 15) is 18.0 Å². The minimum absolute atomic E-state index is 0.0544.